The van der Waals surface area contributed by atoms with Crippen molar-refractivity contribution in [3.8, 4) is 11.1 Å². The maximum absolute atomic E-state index is 12.8. The fourth-order valence-corrected chi connectivity index (χ4v) is 2.19. The van der Waals surface area contributed by atoms with Gasteiger partial charge in [-0.1, -0.05) is 30.8 Å². The standard InChI is InChI=1S/C17H13FN4O/c1-10(18)16(23)21-14-4-2-3-11(7-14)12-5-6-13-9-20-17(19)22-15(13)8-12/h2-9H,1H2,(H,21,23)(H2,19,20,22). The maximum Gasteiger partial charge on any atom is 0.283 e. The molecular formula is C17H13FN4O. The number of halogens is 1. The van der Waals surface area contributed by atoms with Gasteiger partial charge in [0.1, 0.15) is 0 Å². The minimum Gasteiger partial charge on any atom is -0.368 e. The lowest BCUT2D eigenvalue weighted by molar-refractivity contribution is -0.114. The number of nitrogens with zero attached hydrogens (tertiary/aromatic N) is 2. The summed E-state index contributed by atoms with van der Waals surface area (Å²) in [5, 5.41) is 3.31. The summed E-state index contributed by atoms with van der Waals surface area (Å²) in [7, 11) is 0. The summed E-state index contributed by atoms with van der Waals surface area (Å²) in [5.41, 5.74) is 8.56. The normalized spacial score (nSPS) is 10.5. The van der Waals surface area contributed by atoms with Crippen LogP contribution in [0, 0.1) is 0 Å². The zero-order valence-electron chi connectivity index (χ0n) is 12.1. The number of amides is 1. The first-order chi connectivity index (χ1) is 11.0. The Balaban J connectivity index is 1.98. The quantitative estimate of drug-likeness (QED) is 0.727. The number of benzene rings is 2. The van der Waals surface area contributed by atoms with Gasteiger partial charge < -0.3 is 11.1 Å². The molecule has 23 heavy (non-hydrogen) atoms. The number of aromatic nitrogens is 2. The third-order valence-corrected chi connectivity index (χ3v) is 3.30. The first-order valence-electron chi connectivity index (χ1n) is 6.81. The molecule has 0 aliphatic heterocycles. The molecule has 0 fully saturated rings. The summed E-state index contributed by atoms with van der Waals surface area (Å²) in [5.74, 6) is -1.69. The predicted octanol–water partition coefficient (Wildman–Crippen LogP) is 3.30. The Hall–Kier alpha value is -3.28. The number of hydrogen-bond acceptors (Lipinski definition) is 4. The fourth-order valence-electron chi connectivity index (χ4n) is 2.19. The summed E-state index contributed by atoms with van der Waals surface area (Å²) in [6.07, 6.45) is 1.66. The fraction of sp³-hybridized carbons (Fsp3) is 0. The highest BCUT2D eigenvalue weighted by molar-refractivity contribution is 6.02. The lowest BCUT2D eigenvalue weighted by Crippen LogP contribution is -2.10. The third kappa shape index (κ3) is 3.16. The van der Waals surface area contributed by atoms with Crippen molar-refractivity contribution in [3.63, 3.8) is 0 Å². The molecule has 1 heterocycles. The number of anilines is 2. The van der Waals surface area contributed by atoms with Gasteiger partial charge in [-0.2, -0.15) is 0 Å². The predicted molar refractivity (Wildman–Crippen MR) is 88.3 cm³/mol. The number of carbonyl (C=O) groups excluding carboxylic acids is 1. The highest BCUT2D eigenvalue weighted by atomic mass is 19.1. The first kappa shape index (κ1) is 14.6. The van der Waals surface area contributed by atoms with E-state index in [1.165, 1.54) is 0 Å². The summed E-state index contributed by atoms with van der Waals surface area (Å²) >= 11 is 0. The highest BCUT2D eigenvalue weighted by Gasteiger charge is 2.07. The molecule has 1 aromatic heterocycles. The molecule has 3 aromatic rings. The minimum absolute atomic E-state index is 0.206. The van der Waals surface area contributed by atoms with Crippen molar-refractivity contribution in [3.05, 3.63) is 61.1 Å². The molecular weight excluding hydrogens is 295 g/mol. The smallest absolute Gasteiger partial charge is 0.283 e. The maximum atomic E-state index is 12.8. The second-order valence-corrected chi connectivity index (χ2v) is 4.94. The van der Waals surface area contributed by atoms with Crippen LogP contribution in [0.2, 0.25) is 0 Å². The van der Waals surface area contributed by atoms with Crippen molar-refractivity contribution >= 4 is 28.4 Å². The van der Waals surface area contributed by atoms with Crippen LogP contribution in [0.25, 0.3) is 22.0 Å². The Kier molecular flexibility index (Phi) is 3.72. The third-order valence-electron chi connectivity index (χ3n) is 3.30. The number of hydrogen-bond donors (Lipinski definition) is 2. The number of nitrogens with two attached hydrogens (primary N) is 1. The molecule has 0 spiro atoms. The van der Waals surface area contributed by atoms with Crippen molar-refractivity contribution in [1.29, 1.82) is 0 Å². The molecule has 1 amide bonds. The molecule has 3 N–H and O–H groups in total. The SMILES string of the molecule is C=C(F)C(=O)Nc1cccc(-c2ccc3cnc(N)nc3c2)c1. The van der Waals surface area contributed by atoms with Gasteiger partial charge in [-0.25, -0.2) is 14.4 Å². The van der Waals surface area contributed by atoms with E-state index in [-0.39, 0.29) is 5.95 Å². The molecule has 0 unspecified atom stereocenters. The van der Waals surface area contributed by atoms with Crippen LogP contribution in [0.4, 0.5) is 16.0 Å². The lowest BCUT2D eigenvalue weighted by atomic mass is 10.0. The minimum atomic E-state index is -1.03. The van der Waals surface area contributed by atoms with Crippen LogP contribution in [-0.4, -0.2) is 15.9 Å². The Morgan fingerprint density at radius 2 is 1.96 bits per heavy atom. The zero-order valence-corrected chi connectivity index (χ0v) is 12.1. The van der Waals surface area contributed by atoms with E-state index in [0.29, 0.717) is 5.69 Å². The van der Waals surface area contributed by atoms with Crippen molar-refractivity contribution in [2.24, 2.45) is 0 Å². The van der Waals surface area contributed by atoms with Crippen LogP contribution in [0.3, 0.4) is 0 Å². The van der Waals surface area contributed by atoms with Crippen molar-refractivity contribution < 1.29 is 9.18 Å². The van der Waals surface area contributed by atoms with Gasteiger partial charge in [0.2, 0.25) is 5.95 Å². The Morgan fingerprint density at radius 3 is 2.74 bits per heavy atom. The Morgan fingerprint density at radius 1 is 1.17 bits per heavy atom. The molecule has 0 atom stereocenters. The van der Waals surface area contributed by atoms with Crippen molar-refractivity contribution in [2.45, 2.75) is 0 Å². The molecule has 114 valence electrons. The lowest BCUT2D eigenvalue weighted by Gasteiger charge is -2.07. The molecule has 5 nitrogen and oxygen atoms in total. The summed E-state index contributed by atoms with van der Waals surface area (Å²) in [6, 6.07) is 12.7. The summed E-state index contributed by atoms with van der Waals surface area (Å²) < 4.78 is 12.8. The average Bonchev–Trinajstić information content (AvgIpc) is 2.54. The van der Waals surface area contributed by atoms with Crippen LogP contribution in [-0.2, 0) is 4.79 Å². The van der Waals surface area contributed by atoms with Gasteiger partial charge in [-0.3, -0.25) is 4.79 Å². The number of rotatable bonds is 3. The number of carbonyl (C=O) groups is 1. The molecule has 0 saturated heterocycles. The molecule has 0 radical (unpaired) electrons. The molecule has 0 saturated carbocycles. The van der Waals surface area contributed by atoms with Crippen LogP contribution in [0.15, 0.2) is 61.1 Å². The van der Waals surface area contributed by atoms with E-state index in [0.717, 1.165) is 22.0 Å². The van der Waals surface area contributed by atoms with E-state index in [4.69, 9.17) is 5.73 Å². The van der Waals surface area contributed by atoms with Crippen LogP contribution in [0.1, 0.15) is 0 Å². The van der Waals surface area contributed by atoms with Gasteiger partial charge >= 0.3 is 0 Å². The van der Waals surface area contributed by atoms with Gasteiger partial charge in [0.05, 0.1) is 5.52 Å². The zero-order chi connectivity index (χ0) is 16.4. The first-order valence-corrected chi connectivity index (χ1v) is 6.81. The van der Waals surface area contributed by atoms with Crippen molar-refractivity contribution in [2.75, 3.05) is 11.1 Å². The van der Waals surface area contributed by atoms with Crippen LogP contribution < -0.4 is 11.1 Å². The molecule has 3 rings (SSSR count). The van der Waals surface area contributed by atoms with Crippen LogP contribution >= 0.6 is 0 Å². The van der Waals surface area contributed by atoms with E-state index >= 15 is 0 Å². The van der Waals surface area contributed by atoms with Gasteiger partial charge in [-0.15, -0.1) is 0 Å². The largest absolute Gasteiger partial charge is 0.368 e. The molecule has 0 bridgehead atoms. The Bertz CT molecular complexity index is 923. The number of nitrogens with one attached hydrogen (secondary N) is 1. The highest BCUT2D eigenvalue weighted by Crippen LogP contribution is 2.26. The average molecular weight is 308 g/mol. The van der Waals surface area contributed by atoms with Crippen LogP contribution in [0.5, 0.6) is 0 Å². The van der Waals surface area contributed by atoms with Gasteiger partial charge in [-0.05, 0) is 29.3 Å². The monoisotopic (exact) mass is 308 g/mol. The van der Waals surface area contributed by atoms with Gasteiger partial charge in [0.15, 0.2) is 5.83 Å². The van der Waals surface area contributed by atoms with E-state index in [2.05, 4.69) is 21.9 Å². The van der Waals surface area contributed by atoms with E-state index < -0.39 is 11.7 Å². The van der Waals surface area contributed by atoms with Gasteiger partial charge in [0, 0.05) is 17.3 Å². The number of nitrogen functional groups attached to an aromatic ring is 1. The molecule has 2 aromatic carbocycles. The molecule has 0 aliphatic rings. The Labute approximate surface area is 131 Å². The van der Waals surface area contributed by atoms with E-state index in [9.17, 15) is 9.18 Å². The molecule has 0 aliphatic carbocycles. The number of fused-ring (bicyclic) bond motifs is 1. The van der Waals surface area contributed by atoms with Gasteiger partial charge in [0.25, 0.3) is 5.91 Å². The second kappa shape index (κ2) is 5.84. The van der Waals surface area contributed by atoms with E-state index in [1.54, 1.807) is 24.4 Å². The van der Waals surface area contributed by atoms with E-state index in [1.807, 2.05) is 24.3 Å². The summed E-state index contributed by atoms with van der Waals surface area (Å²) in [6.45, 7) is 2.97. The summed E-state index contributed by atoms with van der Waals surface area (Å²) in [4.78, 5) is 19.5. The topological polar surface area (TPSA) is 80.9 Å². The van der Waals surface area contributed by atoms with Crippen molar-refractivity contribution in [1.82, 2.24) is 9.97 Å². The molecule has 6 heteroatoms. The second-order valence-electron chi connectivity index (χ2n) is 4.94.